The van der Waals surface area contributed by atoms with Crippen LogP contribution in [0.5, 0.6) is 0 Å². The molecule has 0 N–H and O–H groups in total. The van der Waals surface area contributed by atoms with Crippen molar-refractivity contribution in [2.24, 2.45) is 0 Å². The van der Waals surface area contributed by atoms with E-state index in [0.29, 0.717) is 0 Å². The normalized spacial score (nSPS) is 12.1. The molecule has 0 aliphatic carbocycles. The smallest absolute Gasteiger partial charge is 0.125 e. The van der Waals surface area contributed by atoms with E-state index in [1.165, 1.54) is 23.2 Å². The third-order valence-corrected chi connectivity index (χ3v) is 5.12. The molecule has 0 radical (unpaired) electrons. The fourth-order valence-corrected chi connectivity index (χ4v) is 3.39. The van der Waals surface area contributed by atoms with Crippen LogP contribution in [0.1, 0.15) is 11.1 Å². The molecule has 0 fully saturated rings. The molecule has 78 valence electrons. The first-order valence-electron chi connectivity index (χ1n) is 5.07. The van der Waals surface area contributed by atoms with Gasteiger partial charge in [-0.25, -0.2) is 0 Å². The first-order valence-corrected chi connectivity index (χ1v) is 11.3. The molecular weight excluding hydrogens is 247 g/mol. The van der Waals surface area contributed by atoms with Crippen LogP contribution in [-0.2, 0) is 12.8 Å². The van der Waals surface area contributed by atoms with E-state index in [4.69, 9.17) is 22.2 Å². The Morgan fingerprint density at radius 2 is 1.29 bits per heavy atom. The van der Waals surface area contributed by atoms with Crippen molar-refractivity contribution in [1.82, 2.24) is 0 Å². The van der Waals surface area contributed by atoms with Gasteiger partial charge in [-0.1, -0.05) is 24.3 Å². The van der Waals surface area contributed by atoms with Crippen LogP contribution in [0, 0.1) is 0 Å². The van der Waals surface area contributed by atoms with Gasteiger partial charge in [0.2, 0.25) is 0 Å². The lowest BCUT2D eigenvalue weighted by Crippen LogP contribution is -1.96. The van der Waals surface area contributed by atoms with E-state index < -0.39 is 0 Å². The molecule has 1 aromatic carbocycles. The van der Waals surface area contributed by atoms with Gasteiger partial charge in [-0.15, -0.1) is 0 Å². The Morgan fingerprint density at radius 3 is 1.64 bits per heavy atom. The predicted molar refractivity (Wildman–Crippen MR) is 72.3 cm³/mol. The Hall–Kier alpha value is 0.234. The third kappa shape index (κ3) is 4.17. The summed E-state index contributed by atoms with van der Waals surface area (Å²) in [5.74, 6) is 0. The van der Waals surface area contributed by atoms with Crippen molar-refractivity contribution in [3.63, 3.8) is 0 Å². The summed E-state index contributed by atoms with van der Waals surface area (Å²) in [4.78, 5) is 0. The molecule has 0 heterocycles. The lowest BCUT2D eigenvalue weighted by atomic mass is 10.0. The van der Waals surface area contributed by atoms with E-state index in [2.05, 4.69) is 24.3 Å². The summed E-state index contributed by atoms with van der Waals surface area (Å²) in [7, 11) is -0.620. The standard InChI is InChI=1S/C10H16Cl2Si2/c11-13-7-5-9-3-1-2-4-10(9)6-8-14-12/h1-4H,5-8,13-14H2. The molecule has 1 aromatic rings. The highest BCUT2D eigenvalue weighted by Gasteiger charge is 2.00. The van der Waals surface area contributed by atoms with E-state index >= 15 is 0 Å². The van der Waals surface area contributed by atoms with Crippen molar-refractivity contribution in [3.05, 3.63) is 35.4 Å². The average molecular weight is 263 g/mol. The Labute approximate surface area is 100 Å². The van der Waals surface area contributed by atoms with E-state index in [9.17, 15) is 0 Å². The van der Waals surface area contributed by atoms with Crippen molar-refractivity contribution >= 4 is 39.8 Å². The second-order valence-corrected chi connectivity index (χ2v) is 7.79. The summed E-state index contributed by atoms with van der Waals surface area (Å²) >= 11 is 11.7. The third-order valence-electron chi connectivity index (χ3n) is 2.28. The monoisotopic (exact) mass is 262 g/mol. The van der Waals surface area contributed by atoms with Crippen molar-refractivity contribution in [2.45, 2.75) is 24.9 Å². The predicted octanol–water partition coefficient (Wildman–Crippen LogP) is 2.25. The molecule has 0 aliphatic rings. The molecule has 0 aromatic heterocycles. The first kappa shape index (κ1) is 12.3. The number of aryl methyl sites for hydroxylation is 2. The molecule has 0 saturated carbocycles. The Kier molecular flexibility index (Phi) is 6.61. The van der Waals surface area contributed by atoms with Crippen molar-refractivity contribution in [1.29, 1.82) is 0 Å². The summed E-state index contributed by atoms with van der Waals surface area (Å²) in [6.07, 6.45) is 2.32. The van der Waals surface area contributed by atoms with Gasteiger partial charge in [0.1, 0.15) is 17.7 Å². The number of rotatable bonds is 6. The molecule has 14 heavy (non-hydrogen) atoms. The first-order chi connectivity index (χ1) is 6.88. The SMILES string of the molecule is Cl[SiH2]CCc1ccccc1CC[SiH2]Cl. The van der Waals surface area contributed by atoms with Crippen molar-refractivity contribution in [2.75, 3.05) is 0 Å². The number of hydrogen-bond donors (Lipinski definition) is 0. The summed E-state index contributed by atoms with van der Waals surface area (Å²) in [5.41, 5.74) is 2.97. The van der Waals surface area contributed by atoms with Crippen LogP contribution < -0.4 is 0 Å². The molecule has 0 nitrogen and oxygen atoms in total. The molecule has 0 spiro atoms. The van der Waals surface area contributed by atoms with Crippen LogP contribution in [-0.4, -0.2) is 17.7 Å². The molecule has 0 unspecified atom stereocenters. The molecule has 4 heteroatoms. The fraction of sp³-hybridized carbons (Fsp3) is 0.400. The molecule has 0 aliphatic heterocycles. The Balaban J connectivity index is 2.60. The van der Waals surface area contributed by atoms with Crippen LogP contribution in [0.2, 0.25) is 12.1 Å². The minimum absolute atomic E-state index is 0.310. The maximum absolute atomic E-state index is 5.83. The van der Waals surface area contributed by atoms with Crippen LogP contribution in [0.4, 0.5) is 0 Å². The highest BCUT2D eigenvalue weighted by atomic mass is 35.6. The van der Waals surface area contributed by atoms with E-state index in [1.54, 1.807) is 0 Å². The zero-order chi connectivity index (χ0) is 10.2. The molecular formula is C10H16Cl2Si2. The van der Waals surface area contributed by atoms with Gasteiger partial charge < -0.3 is 0 Å². The van der Waals surface area contributed by atoms with Crippen LogP contribution >= 0.6 is 22.2 Å². The van der Waals surface area contributed by atoms with E-state index in [0.717, 1.165) is 12.8 Å². The summed E-state index contributed by atoms with van der Waals surface area (Å²) < 4.78 is 0. The lowest BCUT2D eigenvalue weighted by Gasteiger charge is -2.07. The maximum atomic E-state index is 5.83. The Bertz CT molecular complexity index is 239. The highest BCUT2D eigenvalue weighted by molar-refractivity contribution is 6.93. The van der Waals surface area contributed by atoms with Gasteiger partial charge in [0.05, 0.1) is 0 Å². The van der Waals surface area contributed by atoms with Crippen LogP contribution in [0.15, 0.2) is 24.3 Å². The topological polar surface area (TPSA) is 0 Å². The number of hydrogen-bond acceptors (Lipinski definition) is 0. The second kappa shape index (κ2) is 7.52. The number of benzene rings is 1. The molecule has 0 amide bonds. The quantitative estimate of drug-likeness (QED) is 0.545. The van der Waals surface area contributed by atoms with Gasteiger partial charge >= 0.3 is 0 Å². The van der Waals surface area contributed by atoms with Gasteiger partial charge in [0.25, 0.3) is 0 Å². The molecule has 0 saturated heterocycles. The van der Waals surface area contributed by atoms with E-state index in [-0.39, 0.29) is 17.7 Å². The molecule has 0 atom stereocenters. The van der Waals surface area contributed by atoms with Gasteiger partial charge in [-0.2, -0.15) is 22.2 Å². The summed E-state index contributed by atoms with van der Waals surface area (Å²) in [6, 6.07) is 11.1. The van der Waals surface area contributed by atoms with E-state index in [1.807, 2.05) is 0 Å². The van der Waals surface area contributed by atoms with Crippen molar-refractivity contribution in [3.8, 4) is 0 Å². The zero-order valence-corrected chi connectivity index (χ0v) is 12.6. The van der Waals surface area contributed by atoms with Crippen molar-refractivity contribution < 1.29 is 0 Å². The van der Waals surface area contributed by atoms with Gasteiger partial charge in [0, 0.05) is 0 Å². The maximum Gasteiger partial charge on any atom is 0.125 e. The van der Waals surface area contributed by atoms with Crippen LogP contribution in [0.25, 0.3) is 0 Å². The van der Waals surface area contributed by atoms with Crippen LogP contribution in [0.3, 0.4) is 0 Å². The largest absolute Gasteiger partial charge is 0.176 e. The summed E-state index contributed by atoms with van der Waals surface area (Å²) in [5, 5.41) is 0. The van der Waals surface area contributed by atoms with Gasteiger partial charge in [0.15, 0.2) is 0 Å². The zero-order valence-electron chi connectivity index (χ0n) is 8.31. The summed E-state index contributed by atoms with van der Waals surface area (Å²) in [6.45, 7) is 0. The molecule has 0 bridgehead atoms. The highest BCUT2D eigenvalue weighted by Crippen LogP contribution is 2.13. The lowest BCUT2D eigenvalue weighted by molar-refractivity contribution is 1.03. The van der Waals surface area contributed by atoms with Gasteiger partial charge in [-0.3, -0.25) is 0 Å². The number of halogens is 2. The second-order valence-electron chi connectivity index (χ2n) is 3.35. The fourth-order valence-electron chi connectivity index (χ4n) is 1.56. The minimum atomic E-state index is -0.310. The minimum Gasteiger partial charge on any atom is -0.176 e. The Morgan fingerprint density at radius 1 is 0.857 bits per heavy atom. The molecule has 1 rings (SSSR count). The average Bonchev–Trinajstić information content (AvgIpc) is 2.24. The van der Waals surface area contributed by atoms with Gasteiger partial charge in [-0.05, 0) is 36.1 Å².